The SMILES string of the molecule is CCCCCC/C=C\C=C/CCCCCCCC(=O)OC[C@H](COP(=O)(O)OC[C@@H](O)COP(=O)(O)OC[C@@H](COC(=O)CCCCCCCCCC(C)C)OC(=O)CCCCCCCCCCCCCC)OC(=O)CCCCCCCCCCCCCCCCC(C)CC. The van der Waals surface area contributed by atoms with Gasteiger partial charge in [0, 0.05) is 25.7 Å². The normalized spacial score (nSPS) is 14.5. The number of aliphatic hydroxyl groups is 1. The molecule has 19 heteroatoms. The fraction of sp³-hybridized carbons (Fsp3) is 0.895. The molecule has 0 aliphatic rings. The maximum Gasteiger partial charge on any atom is 0.472 e. The second kappa shape index (κ2) is 67.4. The highest BCUT2D eigenvalue weighted by molar-refractivity contribution is 7.47. The van der Waals surface area contributed by atoms with E-state index < -0.39 is 97.5 Å². The van der Waals surface area contributed by atoms with Crippen molar-refractivity contribution in [3.05, 3.63) is 24.3 Å². The topological polar surface area (TPSA) is 237 Å². The predicted molar refractivity (Wildman–Crippen MR) is 386 cm³/mol. The molecule has 0 fully saturated rings. The van der Waals surface area contributed by atoms with Crippen LogP contribution in [0.4, 0.5) is 0 Å². The van der Waals surface area contributed by atoms with E-state index in [2.05, 4.69) is 65.8 Å². The lowest BCUT2D eigenvalue weighted by Gasteiger charge is -2.21. The van der Waals surface area contributed by atoms with Crippen molar-refractivity contribution >= 4 is 39.5 Å². The van der Waals surface area contributed by atoms with Crippen LogP contribution in [-0.4, -0.2) is 96.7 Å². The van der Waals surface area contributed by atoms with E-state index in [0.29, 0.717) is 31.6 Å². The third-order valence-corrected chi connectivity index (χ3v) is 19.3. The van der Waals surface area contributed by atoms with Crippen molar-refractivity contribution in [1.29, 1.82) is 0 Å². The maximum atomic E-state index is 13.1. The van der Waals surface area contributed by atoms with E-state index in [9.17, 15) is 43.2 Å². The molecule has 0 heterocycles. The predicted octanol–water partition coefficient (Wildman–Crippen LogP) is 21.9. The summed E-state index contributed by atoms with van der Waals surface area (Å²) in [6.07, 6.45) is 57.6. The molecule has 17 nitrogen and oxygen atoms in total. The Morgan fingerprint density at radius 2 is 0.621 bits per heavy atom. The van der Waals surface area contributed by atoms with E-state index in [-0.39, 0.29) is 25.7 Å². The molecule has 0 amide bonds. The van der Waals surface area contributed by atoms with Crippen molar-refractivity contribution in [2.24, 2.45) is 11.8 Å². The summed E-state index contributed by atoms with van der Waals surface area (Å²) in [5.41, 5.74) is 0. The Morgan fingerprint density at radius 3 is 0.947 bits per heavy atom. The lowest BCUT2D eigenvalue weighted by Crippen LogP contribution is -2.30. The third kappa shape index (κ3) is 68.5. The number of phosphoric ester groups is 2. The minimum absolute atomic E-state index is 0.101. The molecule has 560 valence electrons. The quantitative estimate of drug-likeness (QED) is 0.0169. The van der Waals surface area contributed by atoms with Crippen molar-refractivity contribution in [3.63, 3.8) is 0 Å². The van der Waals surface area contributed by atoms with E-state index in [0.717, 1.165) is 121 Å². The smallest absolute Gasteiger partial charge is 0.462 e. The van der Waals surface area contributed by atoms with Crippen molar-refractivity contribution in [2.75, 3.05) is 39.6 Å². The molecule has 0 aliphatic carbocycles. The van der Waals surface area contributed by atoms with Crippen LogP contribution in [0.25, 0.3) is 0 Å². The van der Waals surface area contributed by atoms with Gasteiger partial charge in [-0.25, -0.2) is 9.13 Å². The van der Waals surface area contributed by atoms with Crippen LogP contribution in [-0.2, 0) is 65.4 Å². The summed E-state index contributed by atoms with van der Waals surface area (Å²) >= 11 is 0. The molecule has 0 rings (SSSR count). The van der Waals surface area contributed by atoms with Crippen LogP contribution in [0.5, 0.6) is 0 Å². The Hall–Kier alpha value is -2.46. The zero-order chi connectivity index (χ0) is 70.0. The second-order valence-electron chi connectivity index (χ2n) is 27.4. The van der Waals surface area contributed by atoms with Crippen LogP contribution in [0.2, 0.25) is 0 Å². The first-order valence-corrected chi connectivity index (χ1v) is 41.8. The Bertz CT molecular complexity index is 1930. The molecule has 3 N–H and O–H groups in total. The monoisotopic (exact) mass is 1390 g/mol. The lowest BCUT2D eigenvalue weighted by molar-refractivity contribution is -0.161. The van der Waals surface area contributed by atoms with Gasteiger partial charge in [0.2, 0.25) is 0 Å². The Morgan fingerprint density at radius 1 is 0.347 bits per heavy atom. The van der Waals surface area contributed by atoms with Crippen LogP contribution < -0.4 is 0 Å². The van der Waals surface area contributed by atoms with Crippen LogP contribution >= 0.6 is 15.6 Å². The molecular formula is C76H144O17P2. The number of esters is 4. The average Bonchev–Trinajstić information content (AvgIpc) is 3.40. The van der Waals surface area contributed by atoms with Gasteiger partial charge in [0.25, 0.3) is 0 Å². The molecule has 6 atom stereocenters. The molecule has 0 spiro atoms. The number of unbranched alkanes of at least 4 members (excludes halogenated alkanes) is 39. The van der Waals surface area contributed by atoms with Crippen molar-refractivity contribution in [1.82, 2.24) is 0 Å². The van der Waals surface area contributed by atoms with E-state index >= 15 is 0 Å². The van der Waals surface area contributed by atoms with E-state index in [1.807, 2.05) is 0 Å². The summed E-state index contributed by atoms with van der Waals surface area (Å²) < 4.78 is 68.5. The fourth-order valence-corrected chi connectivity index (χ4v) is 12.7. The number of hydrogen-bond acceptors (Lipinski definition) is 15. The van der Waals surface area contributed by atoms with Crippen LogP contribution in [0.1, 0.15) is 369 Å². The van der Waals surface area contributed by atoms with Gasteiger partial charge in [-0.1, -0.05) is 316 Å². The van der Waals surface area contributed by atoms with Gasteiger partial charge in [-0.15, -0.1) is 0 Å². The van der Waals surface area contributed by atoms with Crippen LogP contribution in [0.15, 0.2) is 24.3 Å². The number of hydrogen-bond donors (Lipinski definition) is 3. The molecule has 0 aromatic rings. The Labute approximate surface area is 580 Å². The number of allylic oxidation sites excluding steroid dienone is 4. The average molecular weight is 1390 g/mol. The zero-order valence-corrected chi connectivity index (χ0v) is 63.2. The minimum atomic E-state index is -4.96. The van der Waals surface area contributed by atoms with Crippen LogP contribution in [0, 0.1) is 11.8 Å². The third-order valence-electron chi connectivity index (χ3n) is 17.4. The molecule has 0 bridgehead atoms. The number of carbonyl (C=O) groups is 4. The summed E-state index contributed by atoms with van der Waals surface area (Å²) in [4.78, 5) is 72.8. The highest BCUT2D eigenvalue weighted by Crippen LogP contribution is 2.45. The van der Waals surface area contributed by atoms with Gasteiger partial charge in [0.05, 0.1) is 26.4 Å². The van der Waals surface area contributed by atoms with Gasteiger partial charge in [-0.2, -0.15) is 0 Å². The van der Waals surface area contributed by atoms with Gasteiger partial charge < -0.3 is 33.8 Å². The largest absolute Gasteiger partial charge is 0.472 e. The number of carbonyl (C=O) groups excluding carboxylic acids is 4. The molecular weight excluding hydrogens is 1250 g/mol. The van der Waals surface area contributed by atoms with Crippen LogP contribution in [0.3, 0.4) is 0 Å². The van der Waals surface area contributed by atoms with Gasteiger partial charge in [-0.3, -0.25) is 37.3 Å². The number of ether oxygens (including phenoxy) is 4. The summed E-state index contributed by atoms with van der Waals surface area (Å²) in [6, 6.07) is 0. The fourth-order valence-electron chi connectivity index (χ4n) is 11.1. The maximum absolute atomic E-state index is 13.1. The summed E-state index contributed by atoms with van der Waals surface area (Å²) in [6.45, 7) is 9.52. The molecule has 0 aliphatic heterocycles. The van der Waals surface area contributed by atoms with Crippen molar-refractivity contribution < 1.29 is 80.2 Å². The first-order chi connectivity index (χ1) is 45.9. The highest BCUT2D eigenvalue weighted by atomic mass is 31.2. The zero-order valence-electron chi connectivity index (χ0n) is 61.5. The van der Waals surface area contributed by atoms with Gasteiger partial charge in [0.1, 0.15) is 19.3 Å². The summed E-state index contributed by atoms with van der Waals surface area (Å²) in [7, 11) is -9.92. The van der Waals surface area contributed by atoms with Gasteiger partial charge in [-0.05, 0) is 63.2 Å². The standard InChI is InChI=1S/C76H144O17P2/c1-7-10-12-14-16-18-20-22-23-27-31-34-40-46-52-58-73(78)86-64-71(92-76(81)61-55-49-42-36-32-28-25-24-26-29-33-39-45-51-57-69(6)9-3)66-90-94(82,83)88-62-70(77)63-89-95(84,85)91-67-72(65-87-74(79)59-53-47-43-37-38-44-50-56-68(4)5)93-75(80)60-54-48-41-35-30-21-19-17-15-13-11-8-2/h18,20,22-23,68-72,77H,7-17,19,21,24-67H2,1-6H3,(H,82,83)(H,84,85)/b20-18-,23-22-/t69?,70-,71-,72-/m1/s1. The number of aliphatic hydroxyl groups excluding tert-OH is 1. The molecule has 0 saturated carbocycles. The van der Waals surface area contributed by atoms with E-state index in [1.165, 1.54) is 161 Å². The van der Waals surface area contributed by atoms with Crippen molar-refractivity contribution in [3.8, 4) is 0 Å². The van der Waals surface area contributed by atoms with Gasteiger partial charge >= 0.3 is 39.5 Å². The molecule has 0 aromatic carbocycles. The molecule has 0 aromatic heterocycles. The van der Waals surface area contributed by atoms with E-state index in [1.54, 1.807) is 0 Å². The van der Waals surface area contributed by atoms with E-state index in [4.69, 9.17) is 37.0 Å². The Balaban J connectivity index is 5.28. The Kier molecular flexibility index (Phi) is 65.6. The lowest BCUT2D eigenvalue weighted by atomic mass is 9.99. The molecule has 3 unspecified atom stereocenters. The summed E-state index contributed by atoms with van der Waals surface area (Å²) in [5.74, 6) is -0.599. The van der Waals surface area contributed by atoms with Gasteiger partial charge in [0.15, 0.2) is 12.2 Å². The number of rotatable bonds is 73. The molecule has 95 heavy (non-hydrogen) atoms. The molecule has 0 radical (unpaired) electrons. The summed E-state index contributed by atoms with van der Waals surface area (Å²) in [5, 5.41) is 10.6. The molecule has 0 saturated heterocycles. The van der Waals surface area contributed by atoms with Crippen molar-refractivity contribution in [2.45, 2.75) is 387 Å². The minimum Gasteiger partial charge on any atom is -0.462 e. The highest BCUT2D eigenvalue weighted by Gasteiger charge is 2.30. The first-order valence-electron chi connectivity index (χ1n) is 38.8. The number of phosphoric acid groups is 2. The first kappa shape index (κ1) is 92.5. The second-order valence-corrected chi connectivity index (χ2v) is 30.3.